The zero-order chi connectivity index (χ0) is 25.9. The van der Waals surface area contributed by atoms with Crippen LogP contribution in [0.4, 0.5) is 39.4 Å². The highest BCUT2D eigenvalue weighted by Crippen LogP contribution is 2.38. The lowest BCUT2D eigenvalue weighted by molar-refractivity contribution is -0.139. The molecule has 0 aliphatic heterocycles. The summed E-state index contributed by atoms with van der Waals surface area (Å²) in [6.45, 7) is 1.04. The van der Waals surface area contributed by atoms with Gasteiger partial charge in [-0.3, -0.25) is 9.48 Å². The number of amides is 3. The molecule has 0 bridgehead atoms. The van der Waals surface area contributed by atoms with Gasteiger partial charge >= 0.3 is 12.2 Å². The molecule has 1 aromatic carbocycles. The number of nitrogens with zero attached hydrogens (tertiary/aromatic N) is 5. The van der Waals surface area contributed by atoms with E-state index in [1.165, 1.54) is 15.8 Å². The fraction of sp³-hybridized carbons (Fsp3) is 0.333. The van der Waals surface area contributed by atoms with Crippen molar-refractivity contribution in [3.05, 3.63) is 41.5 Å². The number of benzene rings is 1. The van der Waals surface area contributed by atoms with Gasteiger partial charge in [-0.1, -0.05) is 0 Å². The molecule has 3 amide bonds. The lowest BCUT2D eigenvalue weighted by atomic mass is 10.1. The third-order valence-corrected chi connectivity index (χ3v) is 5.14. The maximum absolute atomic E-state index is 13.6. The number of aryl methyl sites for hydroxylation is 2. The number of aliphatic hydroxyl groups is 2. The second-order valence-electron chi connectivity index (χ2n) is 7.43. The molecule has 35 heavy (non-hydrogen) atoms. The Labute approximate surface area is 196 Å². The number of halogens is 4. The first-order valence-electron chi connectivity index (χ1n) is 10.2. The maximum atomic E-state index is 13.6. The molecule has 0 aliphatic carbocycles. The van der Waals surface area contributed by atoms with E-state index in [9.17, 15) is 37.4 Å². The molecular weight excluding hydrogens is 476 g/mol. The minimum atomic E-state index is -5.00. The molecule has 2 heterocycles. The van der Waals surface area contributed by atoms with Crippen LogP contribution in [0.15, 0.2) is 24.4 Å². The minimum Gasteiger partial charge on any atom is -0.395 e. The van der Waals surface area contributed by atoms with E-state index in [0.29, 0.717) is 33.8 Å². The van der Waals surface area contributed by atoms with Crippen LogP contribution in [0.5, 0.6) is 0 Å². The van der Waals surface area contributed by atoms with Gasteiger partial charge in [0.25, 0.3) is 0 Å². The van der Waals surface area contributed by atoms with E-state index in [-0.39, 0.29) is 44.1 Å². The molecule has 0 aliphatic rings. The molecule has 0 spiro atoms. The Hall–Kier alpha value is -3.78. The van der Waals surface area contributed by atoms with Gasteiger partial charge in [-0.2, -0.15) is 18.3 Å². The van der Waals surface area contributed by atoms with E-state index in [4.69, 9.17) is 0 Å². The number of carbonyl (C=O) groups excluding carboxylic acids is 2. The first kappa shape index (κ1) is 25.8. The van der Waals surface area contributed by atoms with E-state index < -0.39 is 29.3 Å². The summed E-state index contributed by atoms with van der Waals surface area (Å²) in [5.41, 5.74) is -0.928. The molecule has 3 rings (SSSR count). The van der Waals surface area contributed by atoms with Crippen molar-refractivity contribution in [2.45, 2.75) is 13.1 Å². The smallest absolute Gasteiger partial charge is 0.395 e. The third-order valence-electron chi connectivity index (χ3n) is 5.14. The number of nitrogens with one attached hydrogen (secondary N) is 1. The summed E-state index contributed by atoms with van der Waals surface area (Å²) >= 11 is 0. The number of urea groups is 1. The predicted octanol–water partition coefficient (Wildman–Crippen LogP) is 2.42. The lowest BCUT2D eigenvalue weighted by Gasteiger charge is -2.29. The van der Waals surface area contributed by atoms with Gasteiger partial charge in [0.1, 0.15) is 5.82 Å². The van der Waals surface area contributed by atoms with Crippen molar-refractivity contribution < 1.29 is 37.4 Å². The molecule has 3 aromatic rings. The number of fused-ring (bicyclic) bond motifs is 1. The molecule has 3 N–H and O–H groups in total. The van der Waals surface area contributed by atoms with Crippen LogP contribution in [-0.2, 0) is 18.0 Å². The molecule has 10 nitrogen and oxygen atoms in total. The van der Waals surface area contributed by atoms with Gasteiger partial charge < -0.3 is 20.4 Å². The van der Waals surface area contributed by atoms with Crippen molar-refractivity contribution in [3.63, 3.8) is 0 Å². The number of carbonyl (C=O) groups is 2. The van der Waals surface area contributed by atoms with Gasteiger partial charge in [0.05, 0.1) is 47.4 Å². The van der Waals surface area contributed by atoms with Gasteiger partial charge in [-0.05, 0) is 25.1 Å². The van der Waals surface area contributed by atoms with Crippen molar-refractivity contribution in [1.82, 2.24) is 14.8 Å². The van der Waals surface area contributed by atoms with E-state index in [2.05, 4.69) is 15.4 Å². The highest BCUT2D eigenvalue weighted by atomic mass is 19.4. The monoisotopic (exact) mass is 498 g/mol. The van der Waals surface area contributed by atoms with E-state index >= 15 is 0 Å². The van der Waals surface area contributed by atoms with Gasteiger partial charge in [0.15, 0.2) is 5.65 Å². The van der Waals surface area contributed by atoms with Crippen molar-refractivity contribution in [3.8, 4) is 0 Å². The van der Waals surface area contributed by atoms with Crippen molar-refractivity contribution in [1.29, 1.82) is 0 Å². The highest BCUT2D eigenvalue weighted by molar-refractivity contribution is 6.16. The third kappa shape index (κ3) is 5.17. The molecule has 0 unspecified atom stereocenters. The average molecular weight is 498 g/mol. The van der Waals surface area contributed by atoms with Gasteiger partial charge in [0, 0.05) is 25.8 Å². The van der Waals surface area contributed by atoms with Crippen LogP contribution in [0.2, 0.25) is 0 Å². The molecule has 188 valence electrons. The number of hydrogen-bond donors (Lipinski definition) is 3. The van der Waals surface area contributed by atoms with E-state index in [1.54, 1.807) is 14.0 Å². The number of pyridine rings is 1. The maximum Gasteiger partial charge on any atom is 0.419 e. The molecule has 14 heteroatoms. The first-order chi connectivity index (χ1) is 16.5. The molecular formula is C21H22F4N6O4. The average Bonchev–Trinajstić information content (AvgIpc) is 3.08. The van der Waals surface area contributed by atoms with Crippen molar-refractivity contribution in [2.24, 2.45) is 7.05 Å². The van der Waals surface area contributed by atoms with E-state index in [1.807, 2.05) is 0 Å². The number of anilines is 3. The predicted molar refractivity (Wildman–Crippen MR) is 119 cm³/mol. The summed E-state index contributed by atoms with van der Waals surface area (Å²) in [7, 11) is 1.63. The standard InChI is InChI=1S/C21H22F4N6O4/c1-12-17-18(30(5-7-32)6-8-33)16(10-26-19(17)29(2)28-12)31(11-34)20(35)27-13-3-4-15(22)14(9-13)21(23,24)25/h3-4,9-11,32-33H,5-8H2,1-2H3,(H,27,35). The van der Waals surface area contributed by atoms with Crippen LogP contribution in [0.3, 0.4) is 0 Å². The lowest BCUT2D eigenvalue weighted by Crippen LogP contribution is -2.37. The summed E-state index contributed by atoms with van der Waals surface area (Å²) in [5, 5.41) is 25.9. The quantitative estimate of drug-likeness (QED) is 0.322. The van der Waals surface area contributed by atoms with Crippen LogP contribution >= 0.6 is 0 Å². The van der Waals surface area contributed by atoms with Gasteiger partial charge in [0.2, 0.25) is 6.41 Å². The number of alkyl halides is 3. The number of hydrogen-bond acceptors (Lipinski definition) is 7. The summed E-state index contributed by atoms with van der Waals surface area (Å²) in [6.07, 6.45) is -3.66. The van der Waals surface area contributed by atoms with Gasteiger partial charge in [-0.25, -0.2) is 19.1 Å². The Morgan fingerprint density at radius 2 is 1.89 bits per heavy atom. The second kappa shape index (κ2) is 10.2. The van der Waals surface area contributed by atoms with Crippen LogP contribution in [0, 0.1) is 12.7 Å². The molecule has 0 fully saturated rings. The highest BCUT2D eigenvalue weighted by Gasteiger charge is 2.34. The Morgan fingerprint density at radius 1 is 1.23 bits per heavy atom. The molecule has 0 saturated heterocycles. The van der Waals surface area contributed by atoms with Crippen molar-refractivity contribution >= 4 is 40.5 Å². The van der Waals surface area contributed by atoms with Gasteiger partial charge in [-0.15, -0.1) is 0 Å². The second-order valence-corrected chi connectivity index (χ2v) is 7.43. The van der Waals surface area contributed by atoms with Crippen LogP contribution in [-0.4, -0.2) is 63.7 Å². The Bertz CT molecular complexity index is 1240. The summed E-state index contributed by atoms with van der Waals surface area (Å²) in [6, 6.07) is 0.735. The SMILES string of the molecule is Cc1nn(C)c2ncc(N(C=O)C(=O)Nc3ccc(F)c(C(F)(F)F)c3)c(N(CCO)CCO)c12. The van der Waals surface area contributed by atoms with Crippen LogP contribution < -0.4 is 15.1 Å². The minimum absolute atomic E-state index is 0.0161. The van der Waals surface area contributed by atoms with E-state index in [0.717, 1.165) is 6.07 Å². The van der Waals surface area contributed by atoms with Crippen LogP contribution in [0.1, 0.15) is 11.3 Å². The molecule has 0 atom stereocenters. The molecule has 0 radical (unpaired) electrons. The Morgan fingerprint density at radius 3 is 2.46 bits per heavy atom. The van der Waals surface area contributed by atoms with Crippen molar-refractivity contribution in [2.75, 3.05) is 41.4 Å². The Kier molecular flexibility index (Phi) is 7.55. The zero-order valence-electron chi connectivity index (χ0n) is 18.7. The topological polar surface area (TPSA) is 124 Å². The summed E-state index contributed by atoms with van der Waals surface area (Å²) in [5.74, 6) is -1.52. The number of aliphatic hydroxyl groups excluding tert-OH is 2. The zero-order valence-corrected chi connectivity index (χ0v) is 18.7. The first-order valence-corrected chi connectivity index (χ1v) is 10.2. The number of aromatic nitrogens is 3. The fourth-order valence-corrected chi connectivity index (χ4v) is 3.67. The Balaban J connectivity index is 2.11. The number of imide groups is 1. The number of rotatable bonds is 8. The molecule has 2 aromatic heterocycles. The summed E-state index contributed by atoms with van der Waals surface area (Å²) in [4.78, 5) is 31.3. The normalized spacial score (nSPS) is 11.5. The summed E-state index contributed by atoms with van der Waals surface area (Å²) < 4.78 is 54.2. The largest absolute Gasteiger partial charge is 0.419 e. The molecule has 0 saturated carbocycles. The fourth-order valence-electron chi connectivity index (χ4n) is 3.67. The van der Waals surface area contributed by atoms with Crippen LogP contribution in [0.25, 0.3) is 11.0 Å².